The minimum absolute atomic E-state index is 0.203. The number of hydrogen-bond acceptors (Lipinski definition) is 4. The first-order chi connectivity index (χ1) is 15.5. The molecule has 2 N–H and O–H groups in total. The summed E-state index contributed by atoms with van der Waals surface area (Å²) in [6.07, 6.45) is 4.27. The summed E-state index contributed by atoms with van der Waals surface area (Å²) in [5, 5.41) is 3.35. The van der Waals surface area contributed by atoms with Crippen molar-refractivity contribution in [2.45, 2.75) is 45.2 Å². The van der Waals surface area contributed by atoms with Gasteiger partial charge in [-0.3, -0.25) is 19.1 Å². The van der Waals surface area contributed by atoms with Crippen LogP contribution in [0.2, 0.25) is 0 Å². The number of nitrogens with zero attached hydrogens (tertiary/aromatic N) is 2. The Labute approximate surface area is 187 Å². The average Bonchev–Trinajstić information content (AvgIpc) is 2.80. The van der Waals surface area contributed by atoms with Crippen molar-refractivity contribution in [2.24, 2.45) is 0 Å². The molecule has 1 aliphatic rings. The van der Waals surface area contributed by atoms with Crippen LogP contribution in [0.5, 0.6) is 0 Å². The summed E-state index contributed by atoms with van der Waals surface area (Å²) in [6, 6.07) is 15.1. The molecule has 0 aliphatic carbocycles. The average molecular weight is 435 g/mol. The van der Waals surface area contributed by atoms with E-state index in [2.05, 4.69) is 22.1 Å². The second-order valence-electron chi connectivity index (χ2n) is 8.52. The highest BCUT2D eigenvalue weighted by molar-refractivity contribution is 5.97. The van der Waals surface area contributed by atoms with Gasteiger partial charge in [0.15, 0.2) is 0 Å². The summed E-state index contributed by atoms with van der Waals surface area (Å²) in [5.41, 5.74) is 1.07. The van der Waals surface area contributed by atoms with E-state index in [0.29, 0.717) is 42.0 Å². The van der Waals surface area contributed by atoms with E-state index < -0.39 is 5.69 Å². The van der Waals surface area contributed by atoms with Crippen LogP contribution in [0.25, 0.3) is 10.9 Å². The van der Waals surface area contributed by atoms with E-state index in [1.165, 1.54) is 23.8 Å². The Morgan fingerprint density at radius 1 is 1.09 bits per heavy atom. The molecule has 0 spiro atoms. The van der Waals surface area contributed by atoms with Crippen molar-refractivity contribution in [3.05, 3.63) is 80.5 Å². The number of aryl methyl sites for hydroxylation is 1. The number of carbonyl (C=O) groups excluding carboxylic acids is 1. The molecule has 7 heteroatoms. The number of nitrogens with one attached hydrogen (secondary N) is 2. The van der Waals surface area contributed by atoms with E-state index in [4.69, 9.17) is 0 Å². The molecule has 0 radical (unpaired) electrons. The maximum Gasteiger partial charge on any atom is 0.328 e. The normalized spacial score (nSPS) is 16.8. The first-order valence-electron chi connectivity index (χ1n) is 11.4. The van der Waals surface area contributed by atoms with Crippen LogP contribution in [-0.2, 0) is 13.0 Å². The highest BCUT2D eigenvalue weighted by Crippen LogP contribution is 2.15. The minimum atomic E-state index is -0.463. The van der Waals surface area contributed by atoms with E-state index in [1.807, 2.05) is 30.3 Å². The van der Waals surface area contributed by atoms with Crippen molar-refractivity contribution >= 4 is 16.8 Å². The van der Waals surface area contributed by atoms with Gasteiger partial charge in [0.05, 0.1) is 10.9 Å². The first kappa shape index (κ1) is 22.0. The third-order valence-corrected chi connectivity index (χ3v) is 6.34. The highest BCUT2D eigenvalue weighted by atomic mass is 16.2. The van der Waals surface area contributed by atoms with Gasteiger partial charge in [0.25, 0.3) is 11.5 Å². The van der Waals surface area contributed by atoms with Crippen molar-refractivity contribution in [2.75, 3.05) is 19.6 Å². The molecule has 0 saturated carbocycles. The zero-order valence-electron chi connectivity index (χ0n) is 18.5. The summed E-state index contributed by atoms with van der Waals surface area (Å²) in [6.45, 7) is 4.99. The van der Waals surface area contributed by atoms with Crippen molar-refractivity contribution in [1.82, 2.24) is 19.8 Å². The summed E-state index contributed by atoms with van der Waals surface area (Å²) < 4.78 is 1.22. The third-order valence-electron chi connectivity index (χ3n) is 6.34. The maximum atomic E-state index is 12.9. The molecule has 7 nitrogen and oxygen atoms in total. The molecule has 1 aliphatic heterocycles. The van der Waals surface area contributed by atoms with Gasteiger partial charge >= 0.3 is 5.69 Å². The van der Waals surface area contributed by atoms with Crippen LogP contribution in [0.3, 0.4) is 0 Å². The van der Waals surface area contributed by atoms with Crippen LogP contribution in [0.4, 0.5) is 0 Å². The minimum Gasteiger partial charge on any atom is -0.351 e. The quantitative estimate of drug-likeness (QED) is 0.598. The Balaban J connectivity index is 1.45. The van der Waals surface area contributed by atoms with Gasteiger partial charge in [0.1, 0.15) is 0 Å². The molecule has 1 aromatic heterocycles. The molecule has 2 heterocycles. The van der Waals surface area contributed by atoms with Crippen LogP contribution < -0.4 is 16.6 Å². The van der Waals surface area contributed by atoms with Gasteiger partial charge in [-0.25, -0.2) is 4.79 Å². The Hall–Kier alpha value is -3.19. The highest BCUT2D eigenvalue weighted by Gasteiger charge is 2.18. The van der Waals surface area contributed by atoms with E-state index in [1.54, 1.807) is 18.2 Å². The Morgan fingerprint density at radius 2 is 1.91 bits per heavy atom. The van der Waals surface area contributed by atoms with Gasteiger partial charge in [0.2, 0.25) is 0 Å². The van der Waals surface area contributed by atoms with Gasteiger partial charge in [-0.2, -0.15) is 0 Å². The standard InChI is InChI=1S/C25H30N4O3/c1-18-7-5-6-14-28(18)16-13-26-23(30)20-10-11-21-22(17-20)27-25(32)29(24(21)31)15-12-19-8-3-2-4-9-19/h2-4,8-11,17-18H,5-7,12-16H2,1H3,(H,26,30)(H,27,32)/t18-/m1/s1. The summed E-state index contributed by atoms with van der Waals surface area (Å²) in [7, 11) is 0. The second kappa shape index (κ2) is 9.96. The number of aromatic amines is 1. The smallest absolute Gasteiger partial charge is 0.328 e. The molecule has 2 aromatic carbocycles. The molecule has 168 valence electrons. The molecule has 1 saturated heterocycles. The van der Waals surface area contributed by atoms with Gasteiger partial charge in [-0.05, 0) is 56.5 Å². The largest absolute Gasteiger partial charge is 0.351 e. The van der Waals surface area contributed by atoms with Gasteiger partial charge in [0, 0.05) is 31.2 Å². The number of aromatic nitrogens is 2. The molecule has 1 fully saturated rings. The molecular formula is C25H30N4O3. The number of rotatable bonds is 7. The lowest BCUT2D eigenvalue weighted by Gasteiger charge is -2.33. The van der Waals surface area contributed by atoms with Crippen LogP contribution in [0.15, 0.2) is 58.1 Å². The fourth-order valence-electron chi connectivity index (χ4n) is 4.39. The van der Waals surface area contributed by atoms with Crippen molar-refractivity contribution in [3.63, 3.8) is 0 Å². The number of fused-ring (bicyclic) bond motifs is 1. The molecule has 32 heavy (non-hydrogen) atoms. The predicted molar refractivity (Wildman–Crippen MR) is 126 cm³/mol. The number of amides is 1. The van der Waals surface area contributed by atoms with Crippen LogP contribution >= 0.6 is 0 Å². The van der Waals surface area contributed by atoms with E-state index in [0.717, 1.165) is 18.7 Å². The van der Waals surface area contributed by atoms with Crippen LogP contribution in [-0.4, -0.2) is 46.0 Å². The fraction of sp³-hybridized carbons (Fsp3) is 0.400. The van der Waals surface area contributed by atoms with Crippen molar-refractivity contribution < 1.29 is 4.79 Å². The second-order valence-corrected chi connectivity index (χ2v) is 8.52. The lowest BCUT2D eigenvalue weighted by Crippen LogP contribution is -2.42. The fourth-order valence-corrected chi connectivity index (χ4v) is 4.39. The number of likely N-dealkylation sites (tertiary alicyclic amines) is 1. The molecule has 0 unspecified atom stereocenters. The molecule has 1 amide bonds. The number of H-pyrrole nitrogens is 1. The SMILES string of the molecule is C[C@@H]1CCCCN1CCNC(=O)c1ccc2c(=O)n(CCc3ccccc3)c(=O)[nH]c2c1. The predicted octanol–water partition coefficient (Wildman–Crippen LogP) is 2.54. The van der Waals surface area contributed by atoms with Crippen molar-refractivity contribution in [3.8, 4) is 0 Å². The zero-order chi connectivity index (χ0) is 22.5. The van der Waals surface area contributed by atoms with E-state index in [9.17, 15) is 14.4 Å². The third kappa shape index (κ3) is 4.99. The number of benzene rings is 2. The Bertz CT molecular complexity index is 1200. The van der Waals surface area contributed by atoms with E-state index >= 15 is 0 Å². The molecule has 0 bridgehead atoms. The Morgan fingerprint density at radius 3 is 2.69 bits per heavy atom. The lowest BCUT2D eigenvalue weighted by molar-refractivity contribution is 0.0938. The molecule has 4 rings (SSSR count). The summed E-state index contributed by atoms with van der Waals surface area (Å²) >= 11 is 0. The van der Waals surface area contributed by atoms with Gasteiger partial charge < -0.3 is 10.3 Å². The monoisotopic (exact) mass is 434 g/mol. The number of piperidine rings is 1. The first-order valence-corrected chi connectivity index (χ1v) is 11.4. The lowest BCUT2D eigenvalue weighted by atomic mass is 10.0. The number of hydrogen-bond donors (Lipinski definition) is 2. The maximum absolute atomic E-state index is 12.9. The van der Waals surface area contributed by atoms with Gasteiger partial charge in [-0.1, -0.05) is 36.8 Å². The summed E-state index contributed by atoms with van der Waals surface area (Å²) in [4.78, 5) is 43.2. The molecule has 3 aromatic rings. The van der Waals surface area contributed by atoms with Crippen LogP contribution in [0, 0.1) is 0 Å². The Kier molecular flexibility index (Phi) is 6.85. The van der Waals surface area contributed by atoms with Gasteiger partial charge in [-0.15, -0.1) is 0 Å². The van der Waals surface area contributed by atoms with E-state index in [-0.39, 0.29) is 11.5 Å². The molecular weight excluding hydrogens is 404 g/mol. The topological polar surface area (TPSA) is 87.2 Å². The van der Waals surface area contributed by atoms with Crippen LogP contribution in [0.1, 0.15) is 42.1 Å². The molecule has 1 atom stereocenters. The zero-order valence-corrected chi connectivity index (χ0v) is 18.5. The summed E-state index contributed by atoms with van der Waals surface area (Å²) in [5.74, 6) is -0.203. The van der Waals surface area contributed by atoms with Crippen molar-refractivity contribution in [1.29, 1.82) is 0 Å². The number of carbonyl (C=O) groups is 1.